The Kier molecular flexibility index (Phi) is 3.39. The van der Waals surface area contributed by atoms with E-state index in [0.717, 1.165) is 0 Å². The summed E-state index contributed by atoms with van der Waals surface area (Å²) >= 11 is 3.10. The van der Waals surface area contributed by atoms with Crippen LogP contribution in [0.2, 0.25) is 0 Å². The molecule has 0 atom stereocenters. The Morgan fingerprint density at radius 3 is 2.57 bits per heavy atom. The van der Waals surface area contributed by atoms with Crippen LogP contribution in [-0.4, -0.2) is 21.0 Å². The van der Waals surface area contributed by atoms with Crippen LogP contribution in [0.3, 0.4) is 0 Å². The van der Waals surface area contributed by atoms with Gasteiger partial charge in [-0.2, -0.15) is 0 Å². The molecule has 0 aliphatic carbocycles. The Hall–Kier alpha value is -2.34. The van der Waals surface area contributed by atoms with Crippen LogP contribution in [0.5, 0.6) is 0 Å². The van der Waals surface area contributed by atoms with Crippen molar-refractivity contribution in [3.8, 4) is 11.4 Å². The van der Waals surface area contributed by atoms with Gasteiger partial charge < -0.3 is 5.11 Å². The summed E-state index contributed by atoms with van der Waals surface area (Å²) in [6, 6.07) is 9.79. The highest BCUT2D eigenvalue weighted by Crippen LogP contribution is 2.29. The van der Waals surface area contributed by atoms with Gasteiger partial charge in [-0.1, -0.05) is 24.3 Å². The fraction of sp³-hybridized carbons (Fsp3) is 0. The van der Waals surface area contributed by atoms with Gasteiger partial charge in [0.1, 0.15) is 5.82 Å². The first-order valence-electron chi connectivity index (χ1n) is 6.01. The quantitative estimate of drug-likeness (QED) is 0.764. The molecule has 0 saturated carbocycles. The summed E-state index contributed by atoms with van der Waals surface area (Å²) in [5, 5.41) is 10.2. The number of carboxylic acids is 1. The van der Waals surface area contributed by atoms with Gasteiger partial charge in [0.05, 0.1) is 4.47 Å². The number of aromatic nitrogens is 2. The molecule has 21 heavy (non-hydrogen) atoms. The predicted molar refractivity (Wildman–Crippen MR) is 79.6 cm³/mol. The molecule has 0 bridgehead atoms. The second-order valence-electron chi connectivity index (χ2n) is 4.34. The first kappa shape index (κ1) is 13.6. The van der Waals surface area contributed by atoms with E-state index in [1.54, 1.807) is 30.3 Å². The van der Waals surface area contributed by atoms with Gasteiger partial charge in [-0.05, 0) is 33.4 Å². The highest BCUT2D eigenvalue weighted by molar-refractivity contribution is 9.10. The number of carboxylic acid groups (broad SMARTS) is 1. The van der Waals surface area contributed by atoms with Crippen LogP contribution >= 0.6 is 15.9 Å². The lowest BCUT2D eigenvalue weighted by molar-refractivity contribution is 0.0689. The normalized spacial score (nSPS) is 10.8. The molecule has 0 spiro atoms. The molecule has 3 rings (SSSR count). The molecule has 4 nitrogen and oxygen atoms in total. The summed E-state index contributed by atoms with van der Waals surface area (Å²) in [6.07, 6.45) is 1.38. The van der Waals surface area contributed by atoms with Crippen molar-refractivity contribution in [2.75, 3.05) is 0 Å². The molecule has 0 fully saturated rings. The maximum absolute atomic E-state index is 13.8. The largest absolute Gasteiger partial charge is 0.476 e. The van der Waals surface area contributed by atoms with E-state index in [0.29, 0.717) is 20.8 Å². The Labute approximate surface area is 127 Å². The van der Waals surface area contributed by atoms with Crippen LogP contribution in [0.25, 0.3) is 22.2 Å². The first-order valence-corrected chi connectivity index (χ1v) is 6.80. The third kappa shape index (κ3) is 2.38. The number of carbonyl (C=O) groups is 1. The maximum atomic E-state index is 13.8. The number of aromatic carboxylic acids is 1. The van der Waals surface area contributed by atoms with Gasteiger partial charge in [0.25, 0.3) is 0 Å². The molecule has 0 aliphatic heterocycles. The van der Waals surface area contributed by atoms with E-state index in [-0.39, 0.29) is 17.3 Å². The molecule has 0 unspecified atom stereocenters. The van der Waals surface area contributed by atoms with Crippen molar-refractivity contribution in [3.63, 3.8) is 0 Å². The number of benzene rings is 2. The number of fused-ring (bicyclic) bond motifs is 1. The van der Waals surface area contributed by atoms with Crippen LogP contribution < -0.4 is 0 Å². The Bertz CT molecular complexity index is 867. The SMILES string of the molecule is O=C(O)c1nc(-c2ccc(F)c3ccccc23)ncc1Br. The second-order valence-corrected chi connectivity index (χ2v) is 5.19. The lowest BCUT2D eigenvalue weighted by atomic mass is 10.0. The molecular weight excluding hydrogens is 339 g/mol. The molecule has 104 valence electrons. The number of hydrogen-bond acceptors (Lipinski definition) is 3. The van der Waals surface area contributed by atoms with Crippen molar-refractivity contribution in [1.29, 1.82) is 0 Å². The van der Waals surface area contributed by atoms with Gasteiger partial charge in [0, 0.05) is 17.1 Å². The third-order valence-electron chi connectivity index (χ3n) is 3.06. The van der Waals surface area contributed by atoms with Crippen molar-refractivity contribution < 1.29 is 14.3 Å². The molecule has 0 amide bonds. The molecule has 0 radical (unpaired) electrons. The molecule has 2 aromatic carbocycles. The fourth-order valence-corrected chi connectivity index (χ4v) is 2.46. The van der Waals surface area contributed by atoms with Crippen molar-refractivity contribution in [3.05, 3.63) is 58.6 Å². The number of nitrogens with zero attached hydrogens (tertiary/aromatic N) is 2. The topological polar surface area (TPSA) is 63.1 Å². The summed E-state index contributed by atoms with van der Waals surface area (Å²) in [6.45, 7) is 0. The van der Waals surface area contributed by atoms with E-state index in [2.05, 4.69) is 25.9 Å². The molecule has 3 aromatic rings. The summed E-state index contributed by atoms with van der Waals surface area (Å²) in [4.78, 5) is 19.3. The van der Waals surface area contributed by atoms with Gasteiger partial charge in [0.15, 0.2) is 11.5 Å². The summed E-state index contributed by atoms with van der Waals surface area (Å²) < 4.78 is 14.1. The third-order valence-corrected chi connectivity index (χ3v) is 3.64. The lowest BCUT2D eigenvalue weighted by Crippen LogP contribution is -2.04. The van der Waals surface area contributed by atoms with E-state index in [4.69, 9.17) is 5.11 Å². The van der Waals surface area contributed by atoms with Crippen LogP contribution in [0.4, 0.5) is 4.39 Å². The minimum absolute atomic E-state index is 0.131. The van der Waals surface area contributed by atoms with E-state index in [1.165, 1.54) is 12.3 Å². The number of hydrogen-bond donors (Lipinski definition) is 1. The van der Waals surface area contributed by atoms with E-state index >= 15 is 0 Å². The van der Waals surface area contributed by atoms with Crippen LogP contribution in [0, 0.1) is 5.82 Å². The molecule has 1 heterocycles. The molecule has 1 aromatic heterocycles. The molecule has 6 heteroatoms. The highest BCUT2D eigenvalue weighted by Gasteiger charge is 2.15. The van der Waals surface area contributed by atoms with Gasteiger partial charge in [-0.15, -0.1) is 0 Å². The second kappa shape index (κ2) is 5.21. The fourth-order valence-electron chi connectivity index (χ4n) is 2.10. The van der Waals surface area contributed by atoms with E-state index in [1.807, 2.05) is 0 Å². The Balaban J connectivity index is 2.29. The minimum Gasteiger partial charge on any atom is -0.476 e. The first-order chi connectivity index (χ1) is 10.1. The molecule has 0 aliphatic rings. The summed E-state index contributed by atoms with van der Waals surface area (Å²) in [5.41, 5.74) is 0.454. The van der Waals surface area contributed by atoms with Crippen molar-refractivity contribution in [2.45, 2.75) is 0 Å². The zero-order chi connectivity index (χ0) is 15.0. The van der Waals surface area contributed by atoms with Crippen molar-refractivity contribution >= 4 is 32.7 Å². The zero-order valence-electron chi connectivity index (χ0n) is 10.5. The highest BCUT2D eigenvalue weighted by atomic mass is 79.9. The van der Waals surface area contributed by atoms with Gasteiger partial charge in [-0.25, -0.2) is 19.2 Å². The van der Waals surface area contributed by atoms with Gasteiger partial charge in [-0.3, -0.25) is 0 Å². The number of rotatable bonds is 2. The number of halogens is 2. The average Bonchev–Trinajstić information content (AvgIpc) is 2.48. The predicted octanol–water partition coefficient (Wildman–Crippen LogP) is 3.90. The van der Waals surface area contributed by atoms with Crippen molar-refractivity contribution in [1.82, 2.24) is 9.97 Å². The van der Waals surface area contributed by atoms with Gasteiger partial charge in [0.2, 0.25) is 0 Å². The van der Waals surface area contributed by atoms with Gasteiger partial charge >= 0.3 is 5.97 Å². The standard InChI is InChI=1S/C15H8BrFN2O2/c16-11-7-18-14(19-13(11)15(20)21)10-5-6-12(17)9-4-2-1-3-8(9)10/h1-7H,(H,20,21). The minimum atomic E-state index is -1.16. The molecule has 1 N–H and O–H groups in total. The molecule has 0 saturated heterocycles. The van der Waals surface area contributed by atoms with E-state index in [9.17, 15) is 9.18 Å². The van der Waals surface area contributed by atoms with Crippen molar-refractivity contribution in [2.24, 2.45) is 0 Å². The van der Waals surface area contributed by atoms with E-state index < -0.39 is 5.97 Å². The lowest BCUT2D eigenvalue weighted by Gasteiger charge is -2.07. The monoisotopic (exact) mass is 346 g/mol. The summed E-state index contributed by atoms with van der Waals surface area (Å²) in [7, 11) is 0. The summed E-state index contributed by atoms with van der Waals surface area (Å²) in [5.74, 6) is -1.26. The Morgan fingerprint density at radius 2 is 1.86 bits per heavy atom. The average molecular weight is 347 g/mol. The molecular formula is C15H8BrFN2O2. The van der Waals surface area contributed by atoms with Crippen LogP contribution in [0.1, 0.15) is 10.5 Å². The maximum Gasteiger partial charge on any atom is 0.355 e. The zero-order valence-corrected chi connectivity index (χ0v) is 12.1. The Morgan fingerprint density at radius 1 is 1.14 bits per heavy atom. The van der Waals surface area contributed by atoms with Crippen LogP contribution in [0.15, 0.2) is 47.1 Å². The van der Waals surface area contributed by atoms with Crippen LogP contribution in [-0.2, 0) is 0 Å². The smallest absolute Gasteiger partial charge is 0.355 e.